The summed E-state index contributed by atoms with van der Waals surface area (Å²) in [4.78, 5) is 0. The minimum atomic E-state index is -1.50. The number of hydrogen-bond acceptors (Lipinski definition) is 3. The van der Waals surface area contributed by atoms with E-state index in [0.717, 1.165) is 0 Å². The molecule has 0 atom stereocenters. The third-order valence-corrected chi connectivity index (χ3v) is 7.87. The second-order valence-electron chi connectivity index (χ2n) is 3.81. The first-order chi connectivity index (χ1) is 5.39. The van der Waals surface area contributed by atoms with Crippen molar-refractivity contribution < 1.29 is 0 Å². The van der Waals surface area contributed by atoms with Gasteiger partial charge in [0.05, 0.1) is 0 Å². The van der Waals surface area contributed by atoms with Crippen molar-refractivity contribution in [3.8, 4) is 0 Å². The van der Waals surface area contributed by atoms with E-state index in [1.165, 1.54) is 6.04 Å². The van der Waals surface area contributed by atoms with Gasteiger partial charge in [-0.05, 0) is 48.3 Å². The molecule has 0 amide bonds. The van der Waals surface area contributed by atoms with E-state index in [1.54, 1.807) is 0 Å². The summed E-state index contributed by atoms with van der Waals surface area (Å²) >= 11 is 0. The Morgan fingerprint density at radius 2 is 1.00 bits per heavy atom. The van der Waals surface area contributed by atoms with Crippen molar-refractivity contribution in [2.75, 3.05) is 42.3 Å². The molecule has 0 N–H and O–H groups in total. The van der Waals surface area contributed by atoms with Crippen LogP contribution in [0.4, 0.5) is 0 Å². The van der Waals surface area contributed by atoms with Gasteiger partial charge in [0.15, 0.2) is 0 Å². The third kappa shape index (κ3) is 1.88. The zero-order chi connectivity index (χ0) is 9.94. The summed E-state index contributed by atoms with van der Waals surface area (Å²) in [7, 11) is 11.6. The fourth-order valence-electron chi connectivity index (χ4n) is 2.15. The maximum atomic E-state index is 2.38. The van der Waals surface area contributed by atoms with Gasteiger partial charge in [0.1, 0.15) is 0 Å². The molecule has 12 heavy (non-hydrogen) atoms. The molecule has 0 aromatic heterocycles. The Hall–Kier alpha value is 0.0969. The average Bonchev–Trinajstić information content (AvgIpc) is 1.86. The van der Waals surface area contributed by atoms with Crippen LogP contribution in [0.15, 0.2) is 0 Å². The third-order valence-electron chi connectivity index (χ3n) is 2.62. The van der Waals surface area contributed by atoms with Crippen LogP contribution in [0.2, 0.25) is 6.04 Å². The summed E-state index contributed by atoms with van der Waals surface area (Å²) in [6.07, 6.45) is 0. The van der Waals surface area contributed by atoms with Gasteiger partial charge in [0.2, 0.25) is 0 Å². The van der Waals surface area contributed by atoms with Crippen LogP contribution in [0.5, 0.6) is 0 Å². The Labute approximate surface area is 78.2 Å². The highest BCUT2D eigenvalue weighted by atomic mass is 28.4. The number of rotatable bonds is 4. The van der Waals surface area contributed by atoms with Crippen LogP contribution in [0.3, 0.4) is 0 Å². The van der Waals surface area contributed by atoms with E-state index >= 15 is 0 Å². The van der Waals surface area contributed by atoms with Crippen LogP contribution in [0.1, 0.15) is 6.92 Å². The van der Waals surface area contributed by atoms with Gasteiger partial charge in [0, 0.05) is 0 Å². The summed E-state index contributed by atoms with van der Waals surface area (Å²) in [6, 6.07) is 1.22. The van der Waals surface area contributed by atoms with E-state index in [0.29, 0.717) is 0 Å². The van der Waals surface area contributed by atoms with E-state index in [1.807, 2.05) is 0 Å². The Balaban J connectivity index is 4.77. The lowest BCUT2D eigenvalue weighted by molar-refractivity contribution is 0.378. The van der Waals surface area contributed by atoms with Crippen molar-refractivity contribution in [2.45, 2.75) is 13.0 Å². The normalized spacial score (nSPS) is 13.5. The van der Waals surface area contributed by atoms with Crippen molar-refractivity contribution in [1.82, 2.24) is 13.7 Å². The fraction of sp³-hybridized carbons (Fsp3) is 1.00. The zero-order valence-corrected chi connectivity index (χ0v) is 10.5. The van der Waals surface area contributed by atoms with E-state index in [4.69, 9.17) is 0 Å². The predicted molar refractivity (Wildman–Crippen MR) is 57.3 cm³/mol. The minimum absolute atomic E-state index is 1.22. The van der Waals surface area contributed by atoms with E-state index in [9.17, 15) is 0 Å². The molecule has 0 aliphatic heterocycles. The van der Waals surface area contributed by atoms with E-state index in [2.05, 4.69) is 62.9 Å². The lowest BCUT2D eigenvalue weighted by Gasteiger charge is -2.46. The molecule has 0 radical (unpaired) electrons. The summed E-state index contributed by atoms with van der Waals surface area (Å²) in [6.45, 7) is 2.27. The Morgan fingerprint density at radius 3 is 1.00 bits per heavy atom. The van der Waals surface area contributed by atoms with E-state index in [-0.39, 0.29) is 0 Å². The molecular weight excluding hydrogens is 166 g/mol. The molecule has 0 aromatic carbocycles. The summed E-state index contributed by atoms with van der Waals surface area (Å²) in [5.41, 5.74) is 0. The molecule has 0 aromatic rings. The van der Waals surface area contributed by atoms with Gasteiger partial charge in [-0.25, -0.2) is 0 Å². The molecule has 0 aliphatic rings. The molecule has 0 heterocycles. The standard InChI is InChI=1S/C8H23N3Si/c1-8-12(9(2)3,10(4)5)11(6)7/h8H2,1-7H3. The lowest BCUT2D eigenvalue weighted by atomic mass is 11.0. The molecule has 0 spiro atoms. The quantitative estimate of drug-likeness (QED) is 0.601. The second kappa shape index (κ2) is 4.37. The van der Waals surface area contributed by atoms with Crippen LogP contribution in [0.25, 0.3) is 0 Å². The van der Waals surface area contributed by atoms with Crippen LogP contribution in [-0.2, 0) is 0 Å². The van der Waals surface area contributed by atoms with Crippen LogP contribution >= 0.6 is 0 Å². The van der Waals surface area contributed by atoms with Crippen molar-refractivity contribution in [3.63, 3.8) is 0 Å². The molecule has 0 unspecified atom stereocenters. The van der Waals surface area contributed by atoms with Gasteiger partial charge in [-0.2, -0.15) is 0 Å². The van der Waals surface area contributed by atoms with Crippen molar-refractivity contribution >= 4 is 8.56 Å². The molecule has 0 aliphatic carbocycles. The Kier molecular flexibility index (Phi) is 4.40. The molecule has 0 fully saturated rings. The monoisotopic (exact) mass is 189 g/mol. The highest BCUT2D eigenvalue weighted by Gasteiger charge is 2.40. The minimum Gasteiger partial charge on any atom is -0.305 e. The maximum absolute atomic E-state index is 2.38. The average molecular weight is 189 g/mol. The summed E-state index contributed by atoms with van der Waals surface area (Å²) < 4.78 is 7.15. The number of hydrogen-bond donors (Lipinski definition) is 0. The Bertz CT molecular complexity index is 112. The molecule has 0 saturated carbocycles. The van der Waals surface area contributed by atoms with Gasteiger partial charge in [-0.3, -0.25) is 0 Å². The molecule has 0 rings (SSSR count). The van der Waals surface area contributed by atoms with Crippen LogP contribution < -0.4 is 0 Å². The van der Waals surface area contributed by atoms with Gasteiger partial charge >= 0.3 is 0 Å². The molecular formula is C8H23N3Si. The van der Waals surface area contributed by atoms with Crippen molar-refractivity contribution in [3.05, 3.63) is 0 Å². The first-order valence-corrected chi connectivity index (χ1v) is 6.46. The second-order valence-corrected chi connectivity index (χ2v) is 8.75. The smallest absolute Gasteiger partial charge is 0.287 e. The largest absolute Gasteiger partial charge is 0.305 e. The highest BCUT2D eigenvalue weighted by Crippen LogP contribution is 2.16. The van der Waals surface area contributed by atoms with E-state index < -0.39 is 8.56 Å². The first-order valence-electron chi connectivity index (χ1n) is 4.41. The highest BCUT2D eigenvalue weighted by molar-refractivity contribution is 6.71. The van der Waals surface area contributed by atoms with Gasteiger partial charge < -0.3 is 13.7 Å². The Morgan fingerprint density at radius 1 is 0.750 bits per heavy atom. The molecule has 0 bridgehead atoms. The van der Waals surface area contributed by atoms with Crippen molar-refractivity contribution in [2.24, 2.45) is 0 Å². The molecule has 3 nitrogen and oxygen atoms in total. The van der Waals surface area contributed by atoms with Crippen molar-refractivity contribution in [1.29, 1.82) is 0 Å². The predicted octanol–water partition coefficient (Wildman–Crippen LogP) is 0.630. The fourth-order valence-corrected chi connectivity index (χ4v) is 6.45. The van der Waals surface area contributed by atoms with Gasteiger partial charge in [0.25, 0.3) is 8.56 Å². The van der Waals surface area contributed by atoms with Gasteiger partial charge in [-0.15, -0.1) is 0 Å². The topological polar surface area (TPSA) is 9.72 Å². The molecule has 74 valence electrons. The zero-order valence-electron chi connectivity index (χ0n) is 9.55. The SMILES string of the molecule is CC[Si](N(C)C)(N(C)C)N(C)C. The molecule has 0 saturated heterocycles. The van der Waals surface area contributed by atoms with Gasteiger partial charge in [-0.1, -0.05) is 6.92 Å². The molecule has 4 heteroatoms. The summed E-state index contributed by atoms with van der Waals surface area (Å²) in [5.74, 6) is 0. The van der Waals surface area contributed by atoms with Crippen LogP contribution in [-0.4, -0.2) is 64.5 Å². The first kappa shape index (κ1) is 12.1. The number of nitrogens with zero attached hydrogens (tertiary/aromatic N) is 3. The van der Waals surface area contributed by atoms with Crippen LogP contribution in [0, 0.1) is 0 Å². The lowest BCUT2D eigenvalue weighted by Crippen LogP contribution is -2.69. The maximum Gasteiger partial charge on any atom is 0.287 e. The summed E-state index contributed by atoms with van der Waals surface area (Å²) in [5, 5.41) is 0.